The number of rotatable bonds is 10. The lowest BCUT2D eigenvalue weighted by Crippen LogP contribution is -2.30. The predicted octanol–water partition coefficient (Wildman–Crippen LogP) is 7.85. The van der Waals surface area contributed by atoms with Gasteiger partial charge in [-0.25, -0.2) is 4.39 Å². The number of anilines is 2. The summed E-state index contributed by atoms with van der Waals surface area (Å²) < 4.78 is 14.6. The van der Waals surface area contributed by atoms with E-state index in [9.17, 15) is 18.8 Å². The quantitative estimate of drug-likeness (QED) is 0.121. The van der Waals surface area contributed by atoms with E-state index in [-0.39, 0.29) is 23.0 Å². The molecule has 0 unspecified atom stereocenters. The minimum absolute atomic E-state index is 0.0392. The highest BCUT2D eigenvalue weighted by Gasteiger charge is 2.16. The molecule has 0 radical (unpaired) electrons. The van der Waals surface area contributed by atoms with Crippen molar-refractivity contribution < 1.29 is 18.8 Å². The van der Waals surface area contributed by atoms with Gasteiger partial charge in [-0.2, -0.15) is 0 Å². The highest BCUT2D eigenvalue weighted by atomic mass is 79.9. The lowest BCUT2D eigenvalue weighted by atomic mass is 10.0. The van der Waals surface area contributed by atoms with Crippen molar-refractivity contribution in [2.45, 2.75) is 24.7 Å². The molecule has 0 bridgehead atoms. The van der Waals surface area contributed by atoms with Gasteiger partial charge in [-0.05, 0) is 71.7 Å². The molecule has 0 aliphatic rings. The average Bonchev–Trinajstić information content (AvgIpc) is 2.98. The van der Waals surface area contributed by atoms with Crippen LogP contribution in [-0.4, -0.2) is 23.5 Å². The molecule has 0 heterocycles. The van der Waals surface area contributed by atoms with Gasteiger partial charge in [0.05, 0.1) is 11.4 Å². The lowest BCUT2D eigenvalue weighted by Gasteiger charge is -2.13. The zero-order valence-corrected chi connectivity index (χ0v) is 25.4. The van der Waals surface area contributed by atoms with Gasteiger partial charge in [-0.1, -0.05) is 78.3 Å². The van der Waals surface area contributed by atoms with Crippen LogP contribution in [0.3, 0.4) is 0 Å². The first kappa shape index (κ1) is 30.7. The monoisotopic (exact) mass is 645 g/mol. The highest BCUT2D eigenvalue weighted by Crippen LogP contribution is 2.24. The summed E-state index contributed by atoms with van der Waals surface area (Å²) in [4.78, 5) is 39.4. The van der Waals surface area contributed by atoms with Gasteiger partial charge in [0, 0.05) is 20.6 Å². The molecule has 0 saturated heterocycles. The normalized spacial score (nSPS) is 11.2. The summed E-state index contributed by atoms with van der Waals surface area (Å²) in [6, 6.07) is 27.8. The van der Waals surface area contributed by atoms with Crippen molar-refractivity contribution in [1.29, 1.82) is 0 Å². The summed E-state index contributed by atoms with van der Waals surface area (Å²) >= 11 is 4.43. The molecule has 4 aromatic carbocycles. The number of benzene rings is 4. The summed E-state index contributed by atoms with van der Waals surface area (Å²) in [5.74, 6) is -1.41. The Morgan fingerprint density at radius 3 is 2.31 bits per heavy atom. The Balaban J connectivity index is 1.46. The van der Waals surface area contributed by atoms with Crippen molar-refractivity contribution in [3.05, 3.63) is 130 Å². The third-order valence-electron chi connectivity index (χ3n) is 6.11. The summed E-state index contributed by atoms with van der Waals surface area (Å²) in [7, 11) is 0. The van der Waals surface area contributed by atoms with Gasteiger partial charge >= 0.3 is 0 Å². The Hall–Kier alpha value is -4.21. The molecule has 3 amide bonds. The summed E-state index contributed by atoms with van der Waals surface area (Å²) in [5, 5.41) is 8.14. The minimum Gasteiger partial charge on any atom is -0.323 e. The van der Waals surface area contributed by atoms with Crippen LogP contribution in [0.25, 0.3) is 6.08 Å². The Bertz CT molecular complexity index is 1610. The van der Waals surface area contributed by atoms with Crippen LogP contribution in [0, 0.1) is 5.82 Å². The first-order valence-electron chi connectivity index (χ1n) is 13.1. The second-order valence-corrected chi connectivity index (χ2v) is 11.6. The third-order valence-corrected chi connectivity index (χ3v) is 7.60. The van der Waals surface area contributed by atoms with Gasteiger partial charge in [-0.15, -0.1) is 11.8 Å². The van der Waals surface area contributed by atoms with E-state index >= 15 is 0 Å². The molecule has 214 valence electrons. The van der Waals surface area contributed by atoms with Crippen LogP contribution >= 0.6 is 27.7 Å². The van der Waals surface area contributed by atoms with E-state index < -0.39 is 17.6 Å². The van der Waals surface area contributed by atoms with E-state index in [1.54, 1.807) is 60.7 Å². The molecule has 0 fully saturated rings. The van der Waals surface area contributed by atoms with E-state index in [0.717, 1.165) is 16.0 Å². The number of hydrogen-bond acceptors (Lipinski definition) is 4. The Kier molecular flexibility index (Phi) is 10.7. The number of carbonyl (C=O) groups is 3. The molecule has 4 aromatic rings. The van der Waals surface area contributed by atoms with Gasteiger partial charge in [0.1, 0.15) is 11.5 Å². The van der Waals surface area contributed by atoms with Crippen molar-refractivity contribution in [2.24, 2.45) is 0 Å². The smallest absolute Gasteiger partial charge is 0.272 e. The van der Waals surface area contributed by atoms with Crippen LogP contribution < -0.4 is 16.0 Å². The van der Waals surface area contributed by atoms with Gasteiger partial charge in [0.2, 0.25) is 5.91 Å². The summed E-state index contributed by atoms with van der Waals surface area (Å²) in [6.07, 6.45) is 1.63. The molecule has 0 aliphatic heterocycles. The predicted molar refractivity (Wildman–Crippen MR) is 171 cm³/mol. The molecular weight excluding hydrogens is 617 g/mol. The summed E-state index contributed by atoms with van der Waals surface area (Å²) in [6.45, 7) is 4.20. The average molecular weight is 647 g/mol. The minimum atomic E-state index is -0.536. The Labute approximate surface area is 256 Å². The SMILES string of the molecule is CC(C)c1ccc(/C=C(/NC(=O)c2ccccc2)C(=O)Nc2cccc(SCC(=O)Nc3ccc(Br)cc3F)c2)cc1. The summed E-state index contributed by atoms with van der Waals surface area (Å²) in [5.41, 5.74) is 3.01. The van der Waals surface area contributed by atoms with Crippen molar-refractivity contribution >= 4 is 62.9 Å². The van der Waals surface area contributed by atoms with Crippen LogP contribution in [0.2, 0.25) is 0 Å². The Morgan fingerprint density at radius 1 is 0.881 bits per heavy atom. The van der Waals surface area contributed by atoms with Crippen molar-refractivity contribution in [2.75, 3.05) is 16.4 Å². The largest absolute Gasteiger partial charge is 0.323 e. The zero-order chi connectivity index (χ0) is 30.1. The molecule has 9 heteroatoms. The highest BCUT2D eigenvalue weighted by molar-refractivity contribution is 9.10. The van der Waals surface area contributed by atoms with Gasteiger partial charge in [-0.3, -0.25) is 14.4 Å². The number of thioether (sulfide) groups is 1. The van der Waals surface area contributed by atoms with E-state index in [2.05, 4.69) is 45.7 Å². The fourth-order valence-electron chi connectivity index (χ4n) is 3.87. The van der Waals surface area contributed by atoms with E-state index in [4.69, 9.17) is 0 Å². The number of halogens is 2. The second-order valence-electron chi connectivity index (χ2n) is 9.64. The molecule has 0 aliphatic carbocycles. The van der Waals surface area contributed by atoms with Crippen LogP contribution in [0.5, 0.6) is 0 Å². The first-order valence-corrected chi connectivity index (χ1v) is 14.9. The number of hydrogen-bond donors (Lipinski definition) is 3. The lowest BCUT2D eigenvalue weighted by molar-refractivity contribution is -0.114. The maximum Gasteiger partial charge on any atom is 0.272 e. The van der Waals surface area contributed by atoms with Crippen LogP contribution in [0.1, 0.15) is 41.3 Å². The zero-order valence-electron chi connectivity index (χ0n) is 23.0. The molecule has 3 N–H and O–H groups in total. The van der Waals surface area contributed by atoms with Gasteiger partial charge < -0.3 is 16.0 Å². The van der Waals surface area contributed by atoms with E-state index in [0.29, 0.717) is 21.6 Å². The fraction of sp³-hybridized carbons (Fsp3) is 0.121. The van der Waals surface area contributed by atoms with Crippen molar-refractivity contribution in [3.8, 4) is 0 Å². The molecule has 6 nitrogen and oxygen atoms in total. The molecule has 0 atom stereocenters. The van der Waals surface area contributed by atoms with Crippen molar-refractivity contribution in [1.82, 2.24) is 5.32 Å². The number of nitrogens with one attached hydrogen (secondary N) is 3. The van der Waals surface area contributed by atoms with Gasteiger partial charge in [0.25, 0.3) is 11.8 Å². The number of carbonyl (C=O) groups excluding carboxylic acids is 3. The van der Waals surface area contributed by atoms with Crippen LogP contribution in [-0.2, 0) is 9.59 Å². The fourth-order valence-corrected chi connectivity index (χ4v) is 4.96. The van der Waals surface area contributed by atoms with Crippen molar-refractivity contribution in [3.63, 3.8) is 0 Å². The molecule has 42 heavy (non-hydrogen) atoms. The molecule has 0 aromatic heterocycles. The van der Waals surface area contributed by atoms with Crippen LogP contribution in [0.4, 0.5) is 15.8 Å². The number of amides is 3. The third kappa shape index (κ3) is 8.89. The van der Waals surface area contributed by atoms with E-state index in [1.165, 1.54) is 23.9 Å². The first-order chi connectivity index (χ1) is 20.2. The maximum absolute atomic E-state index is 14.1. The van der Waals surface area contributed by atoms with Crippen LogP contribution in [0.15, 0.2) is 112 Å². The van der Waals surface area contributed by atoms with E-state index in [1.807, 2.05) is 30.3 Å². The molecule has 0 spiro atoms. The molecule has 0 saturated carbocycles. The molecular formula is C33H29BrFN3O3S. The topological polar surface area (TPSA) is 87.3 Å². The Morgan fingerprint density at radius 2 is 1.62 bits per heavy atom. The second kappa shape index (κ2) is 14.6. The standard InChI is InChI=1S/C33H29BrFN3O3S/c1-21(2)23-13-11-22(12-14-23)17-30(38-32(40)24-7-4-3-5-8-24)33(41)36-26-9-6-10-27(19-26)42-20-31(39)37-29-16-15-25(34)18-28(29)35/h3-19,21H,20H2,1-2H3,(H,36,41)(H,37,39)(H,38,40)/b30-17+. The maximum atomic E-state index is 14.1. The van der Waals surface area contributed by atoms with Gasteiger partial charge in [0.15, 0.2) is 0 Å². The molecule has 4 rings (SSSR count).